The van der Waals surface area contributed by atoms with Crippen molar-refractivity contribution in [2.75, 3.05) is 0 Å². The van der Waals surface area contributed by atoms with E-state index in [4.69, 9.17) is 0 Å². The number of hydrogen-bond acceptors (Lipinski definition) is 4. The van der Waals surface area contributed by atoms with Crippen LogP contribution in [0.4, 0.5) is 0 Å². The molecule has 11 heavy (non-hydrogen) atoms. The number of amides is 2. The lowest BCUT2D eigenvalue weighted by Crippen LogP contribution is -2.34. The van der Waals surface area contributed by atoms with Crippen molar-refractivity contribution in [2.24, 2.45) is 16.4 Å². The summed E-state index contributed by atoms with van der Waals surface area (Å²) in [6, 6.07) is 0. The summed E-state index contributed by atoms with van der Waals surface area (Å²) < 4.78 is 0. The van der Waals surface area contributed by atoms with Crippen molar-refractivity contribution in [3.8, 4) is 0 Å². The molecule has 0 bridgehead atoms. The molecular formula is C5H8N4O2. The van der Waals surface area contributed by atoms with Crippen molar-refractivity contribution >= 4 is 11.8 Å². The molecule has 0 radical (unpaired) electrons. The normalized spacial score (nSPS) is 19.0. The second-order valence-corrected chi connectivity index (χ2v) is 2.11. The van der Waals surface area contributed by atoms with Gasteiger partial charge in [0.2, 0.25) is 0 Å². The zero-order chi connectivity index (χ0) is 8.27. The second kappa shape index (κ2) is 3.09. The zero-order valence-electron chi connectivity index (χ0n) is 6.00. The fourth-order valence-corrected chi connectivity index (χ4v) is 0.794. The number of nitrogens with one attached hydrogen (secondary N) is 2. The Morgan fingerprint density at radius 3 is 2.09 bits per heavy atom. The molecule has 0 aliphatic carbocycles. The number of rotatable bonds is 1. The SMILES string of the molecule is CCC1C(=O)NN=NNC1=O. The van der Waals surface area contributed by atoms with Crippen molar-refractivity contribution in [1.29, 1.82) is 0 Å². The molecule has 0 aromatic rings. The summed E-state index contributed by atoms with van der Waals surface area (Å²) in [4.78, 5) is 21.9. The molecule has 6 heteroatoms. The number of carbonyl (C=O) groups excluding carboxylic acids is 2. The van der Waals surface area contributed by atoms with Gasteiger partial charge in [0.05, 0.1) is 0 Å². The molecule has 0 atom stereocenters. The molecule has 0 fully saturated rings. The van der Waals surface area contributed by atoms with Gasteiger partial charge in [0, 0.05) is 0 Å². The highest BCUT2D eigenvalue weighted by Gasteiger charge is 2.26. The third-order valence-electron chi connectivity index (χ3n) is 1.41. The molecule has 60 valence electrons. The molecule has 1 heterocycles. The number of hydrogen-bond donors (Lipinski definition) is 2. The van der Waals surface area contributed by atoms with Gasteiger partial charge in [-0.1, -0.05) is 6.92 Å². The summed E-state index contributed by atoms with van der Waals surface area (Å²) in [5.74, 6) is -1.50. The highest BCUT2D eigenvalue weighted by Crippen LogP contribution is 2.04. The summed E-state index contributed by atoms with van der Waals surface area (Å²) >= 11 is 0. The van der Waals surface area contributed by atoms with E-state index in [0.717, 1.165) is 0 Å². The van der Waals surface area contributed by atoms with Gasteiger partial charge in [0.15, 0.2) is 0 Å². The van der Waals surface area contributed by atoms with Crippen LogP contribution in [0.15, 0.2) is 10.4 Å². The van der Waals surface area contributed by atoms with Crippen molar-refractivity contribution in [2.45, 2.75) is 13.3 Å². The summed E-state index contributed by atoms with van der Waals surface area (Å²) in [5.41, 5.74) is 4.22. The van der Waals surface area contributed by atoms with Crippen molar-refractivity contribution in [1.82, 2.24) is 10.9 Å². The molecule has 1 rings (SSSR count). The van der Waals surface area contributed by atoms with E-state index in [1.165, 1.54) is 0 Å². The van der Waals surface area contributed by atoms with Crippen LogP contribution in [0.5, 0.6) is 0 Å². The Balaban J connectivity index is 2.74. The quantitative estimate of drug-likeness (QED) is 0.503. The van der Waals surface area contributed by atoms with Crippen LogP contribution in [0.1, 0.15) is 13.3 Å². The predicted molar refractivity (Wildman–Crippen MR) is 34.9 cm³/mol. The lowest BCUT2D eigenvalue weighted by atomic mass is 10.1. The van der Waals surface area contributed by atoms with E-state index in [0.29, 0.717) is 6.42 Å². The summed E-state index contributed by atoms with van der Waals surface area (Å²) in [6.07, 6.45) is 0.447. The van der Waals surface area contributed by atoms with Crippen LogP contribution in [-0.2, 0) is 9.59 Å². The largest absolute Gasteiger partial charge is 0.272 e. The Morgan fingerprint density at radius 1 is 1.27 bits per heavy atom. The van der Waals surface area contributed by atoms with Crippen molar-refractivity contribution in [3.63, 3.8) is 0 Å². The highest BCUT2D eigenvalue weighted by atomic mass is 16.2. The van der Waals surface area contributed by atoms with E-state index >= 15 is 0 Å². The summed E-state index contributed by atoms with van der Waals surface area (Å²) in [7, 11) is 0. The Labute approximate surface area is 63.0 Å². The Hall–Kier alpha value is -1.46. The molecule has 0 unspecified atom stereocenters. The first kappa shape index (κ1) is 7.64. The van der Waals surface area contributed by atoms with Gasteiger partial charge in [-0.2, -0.15) is 0 Å². The zero-order valence-corrected chi connectivity index (χ0v) is 6.00. The fraction of sp³-hybridized carbons (Fsp3) is 0.600. The van der Waals surface area contributed by atoms with E-state index in [2.05, 4.69) is 21.3 Å². The molecule has 2 amide bonds. The van der Waals surface area contributed by atoms with Gasteiger partial charge in [0.1, 0.15) is 5.92 Å². The van der Waals surface area contributed by atoms with E-state index in [9.17, 15) is 9.59 Å². The van der Waals surface area contributed by atoms with Crippen LogP contribution in [-0.4, -0.2) is 11.8 Å². The molecule has 0 spiro atoms. The predicted octanol–water partition coefficient (Wildman–Crippen LogP) is -0.459. The summed E-state index contributed by atoms with van der Waals surface area (Å²) in [5, 5.41) is 6.39. The van der Waals surface area contributed by atoms with Crippen LogP contribution in [0, 0.1) is 5.92 Å². The van der Waals surface area contributed by atoms with Crippen LogP contribution in [0.3, 0.4) is 0 Å². The first-order valence-corrected chi connectivity index (χ1v) is 3.25. The van der Waals surface area contributed by atoms with E-state index < -0.39 is 17.7 Å². The lowest BCUT2D eigenvalue weighted by Gasteiger charge is -2.05. The van der Waals surface area contributed by atoms with Crippen LogP contribution in [0.25, 0.3) is 0 Å². The minimum Gasteiger partial charge on any atom is -0.272 e. The first-order chi connectivity index (χ1) is 5.25. The Kier molecular flexibility index (Phi) is 2.15. The molecule has 6 nitrogen and oxygen atoms in total. The number of carbonyl (C=O) groups is 2. The monoisotopic (exact) mass is 156 g/mol. The molecule has 2 N–H and O–H groups in total. The summed E-state index contributed by atoms with van der Waals surface area (Å²) in [6.45, 7) is 1.75. The fourth-order valence-electron chi connectivity index (χ4n) is 0.794. The van der Waals surface area contributed by atoms with Gasteiger partial charge in [-0.3, -0.25) is 9.59 Å². The van der Waals surface area contributed by atoms with Gasteiger partial charge in [0.25, 0.3) is 11.8 Å². The van der Waals surface area contributed by atoms with E-state index in [-0.39, 0.29) is 0 Å². The standard InChI is InChI=1S/C5H8N4O2/c1-2-3-4(10)6-8-9-7-5(3)11/h3H,2H2,1H3,(H,6,9,10)(H,7,8,11). The maximum absolute atomic E-state index is 10.9. The third-order valence-corrected chi connectivity index (χ3v) is 1.41. The average Bonchev–Trinajstić information content (AvgIpc) is 2.12. The molecule has 0 aromatic heterocycles. The van der Waals surface area contributed by atoms with Crippen LogP contribution in [0.2, 0.25) is 0 Å². The van der Waals surface area contributed by atoms with Gasteiger partial charge in [-0.15, -0.1) is 0 Å². The smallest absolute Gasteiger partial charge is 0.254 e. The van der Waals surface area contributed by atoms with Gasteiger partial charge in [-0.25, -0.2) is 10.9 Å². The van der Waals surface area contributed by atoms with Gasteiger partial charge < -0.3 is 0 Å². The Bertz CT molecular complexity index is 193. The molecule has 0 saturated heterocycles. The molecule has 1 aliphatic rings. The van der Waals surface area contributed by atoms with E-state index in [1.54, 1.807) is 6.92 Å². The maximum Gasteiger partial charge on any atom is 0.254 e. The molecular weight excluding hydrogens is 148 g/mol. The van der Waals surface area contributed by atoms with Crippen molar-refractivity contribution in [3.05, 3.63) is 0 Å². The minimum absolute atomic E-state index is 0.411. The minimum atomic E-state index is -0.676. The second-order valence-electron chi connectivity index (χ2n) is 2.11. The molecule has 0 aromatic carbocycles. The van der Waals surface area contributed by atoms with Crippen molar-refractivity contribution < 1.29 is 9.59 Å². The van der Waals surface area contributed by atoms with Crippen LogP contribution >= 0.6 is 0 Å². The third kappa shape index (κ3) is 1.51. The molecule has 1 aliphatic heterocycles. The topological polar surface area (TPSA) is 82.9 Å². The average molecular weight is 156 g/mol. The lowest BCUT2D eigenvalue weighted by molar-refractivity contribution is -0.134. The number of nitrogens with zero attached hydrogens (tertiary/aromatic N) is 2. The van der Waals surface area contributed by atoms with Crippen LogP contribution < -0.4 is 10.9 Å². The highest BCUT2D eigenvalue weighted by molar-refractivity contribution is 6.00. The van der Waals surface area contributed by atoms with Gasteiger partial charge in [-0.05, 0) is 16.9 Å². The Morgan fingerprint density at radius 2 is 1.73 bits per heavy atom. The maximum atomic E-state index is 10.9. The first-order valence-electron chi connectivity index (χ1n) is 3.25. The molecule has 0 saturated carbocycles. The van der Waals surface area contributed by atoms with E-state index in [1.807, 2.05) is 0 Å². The van der Waals surface area contributed by atoms with Gasteiger partial charge >= 0.3 is 0 Å².